The van der Waals surface area contributed by atoms with Crippen LogP contribution in [0.15, 0.2) is 11.1 Å². The summed E-state index contributed by atoms with van der Waals surface area (Å²) < 4.78 is 9.18. The van der Waals surface area contributed by atoms with Crippen molar-refractivity contribution in [1.29, 1.82) is 0 Å². The molecule has 0 bridgehead atoms. The zero-order valence-electron chi connectivity index (χ0n) is 11.9. The van der Waals surface area contributed by atoms with Crippen LogP contribution in [-0.2, 0) is 19.1 Å². The lowest BCUT2D eigenvalue weighted by molar-refractivity contribution is -0.141. The van der Waals surface area contributed by atoms with E-state index in [1.54, 1.807) is 0 Å². The fourth-order valence-corrected chi connectivity index (χ4v) is 1.63. The van der Waals surface area contributed by atoms with E-state index in [1.807, 2.05) is 0 Å². The Balaban J connectivity index is 3.88. The number of carbonyl (C=O) groups is 2. The summed E-state index contributed by atoms with van der Waals surface area (Å²) in [6, 6.07) is 0. The third kappa shape index (κ3) is 7.87. The third-order valence-electron chi connectivity index (χ3n) is 3.05. The fourth-order valence-electron chi connectivity index (χ4n) is 1.63. The largest absolute Gasteiger partial charge is 0.469 e. The molecule has 0 aliphatic rings. The molecule has 0 amide bonds. The van der Waals surface area contributed by atoms with Crippen LogP contribution in [0.3, 0.4) is 0 Å². The van der Waals surface area contributed by atoms with Gasteiger partial charge in [0.1, 0.15) is 0 Å². The fraction of sp³-hybridized carbons (Fsp3) is 0.714. The van der Waals surface area contributed by atoms with E-state index in [9.17, 15) is 9.59 Å². The SMILES string of the molecule is COC(=O)CCC/C(C)=C(\C)CCCC(=O)OC. The monoisotopic (exact) mass is 256 g/mol. The number of carbonyl (C=O) groups excluding carboxylic acids is 2. The minimum atomic E-state index is -0.161. The third-order valence-corrected chi connectivity index (χ3v) is 3.05. The van der Waals surface area contributed by atoms with Gasteiger partial charge in [0.2, 0.25) is 0 Å². The van der Waals surface area contributed by atoms with Crippen LogP contribution < -0.4 is 0 Å². The normalized spacial score (nSPS) is 11.8. The van der Waals surface area contributed by atoms with Crippen molar-refractivity contribution in [3.8, 4) is 0 Å². The summed E-state index contributed by atoms with van der Waals surface area (Å²) in [7, 11) is 2.81. The molecular formula is C14H24O4. The summed E-state index contributed by atoms with van der Waals surface area (Å²) in [5, 5.41) is 0. The standard InChI is InChI=1S/C14H24O4/c1-11(7-5-9-13(15)17-3)12(2)8-6-10-14(16)18-4/h5-10H2,1-4H3/b12-11+. The highest BCUT2D eigenvalue weighted by Gasteiger charge is 2.04. The van der Waals surface area contributed by atoms with Crippen LogP contribution >= 0.6 is 0 Å². The summed E-state index contributed by atoms with van der Waals surface area (Å²) in [6.07, 6.45) is 4.35. The molecule has 0 aromatic carbocycles. The molecule has 4 heteroatoms. The van der Waals surface area contributed by atoms with Crippen molar-refractivity contribution < 1.29 is 19.1 Å². The van der Waals surface area contributed by atoms with Crippen LogP contribution in [0.1, 0.15) is 52.4 Å². The second-order valence-corrected chi connectivity index (χ2v) is 4.42. The lowest BCUT2D eigenvalue weighted by Crippen LogP contribution is -2.00. The van der Waals surface area contributed by atoms with Gasteiger partial charge in [0, 0.05) is 12.8 Å². The molecule has 0 saturated carbocycles. The van der Waals surface area contributed by atoms with E-state index in [0.29, 0.717) is 12.8 Å². The van der Waals surface area contributed by atoms with Gasteiger partial charge in [-0.3, -0.25) is 9.59 Å². The van der Waals surface area contributed by atoms with Crippen LogP contribution in [0.4, 0.5) is 0 Å². The summed E-state index contributed by atoms with van der Waals surface area (Å²) in [5.74, 6) is -0.322. The van der Waals surface area contributed by atoms with Crippen molar-refractivity contribution in [3.05, 3.63) is 11.1 Å². The van der Waals surface area contributed by atoms with Gasteiger partial charge in [-0.1, -0.05) is 11.1 Å². The molecule has 0 spiro atoms. The minimum Gasteiger partial charge on any atom is -0.469 e. The second-order valence-electron chi connectivity index (χ2n) is 4.42. The molecule has 0 aromatic rings. The first kappa shape index (κ1) is 16.7. The van der Waals surface area contributed by atoms with E-state index in [0.717, 1.165) is 25.7 Å². The topological polar surface area (TPSA) is 52.6 Å². The maximum atomic E-state index is 11.0. The maximum absolute atomic E-state index is 11.0. The molecule has 0 atom stereocenters. The lowest BCUT2D eigenvalue weighted by atomic mass is 10.0. The number of hydrogen-bond donors (Lipinski definition) is 0. The van der Waals surface area contributed by atoms with E-state index in [2.05, 4.69) is 23.3 Å². The van der Waals surface area contributed by atoms with Gasteiger partial charge in [-0.05, 0) is 39.5 Å². The van der Waals surface area contributed by atoms with Gasteiger partial charge in [-0.15, -0.1) is 0 Å². The van der Waals surface area contributed by atoms with Crippen LogP contribution in [-0.4, -0.2) is 26.2 Å². The second kappa shape index (κ2) is 9.68. The molecule has 0 unspecified atom stereocenters. The van der Waals surface area contributed by atoms with Crippen molar-refractivity contribution >= 4 is 11.9 Å². The van der Waals surface area contributed by atoms with Gasteiger partial charge >= 0.3 is 11.9 Å². The summed E-state index contributed by atoms with van der Waals surface area (Å²) >= 11 is 0. The van der Waals surface area contributed by atoms with E-state index >= 15 is 0 Å². The molecular weight excluding hydrogens is 232 g/mol. The van der Waals surface area contributed by atoms with Crippen molar-refractivity contribution in [3.63, 3.8) is 0 Å². The number of allylic oxidation sites excluding steroid dienone is 2. The summed E-state index contributed by atoms with van der Waals surface area (Å²) in [6.45, 7) is 4.15. The van der Waals surface area contributed by atoms with Gasteiger partial charge in [0.05, 0.1) is 14.2 Å². The molecule has 0 aliphatic carbocycles. The maximum Gasteiger partial charge on any atom is 0.305 e. The Hall–Kier alpha value is -1.32. The van der Waals surface area contributed by atoms with Crippen molar-refractivity contribution in [2.75, 3.05) is 14.2 Å². The molecule has 0 aromatic heterocycles. The number of hydrogen-bond acceptors (Lipinski definition) is 4. The lowest BCUT2D eigenvalue weighted by Gasteiger charge is -2.07. The van der Waals surface area contributed by atoms with E-state index in [1.165, 1.54) is 25.4 Å². The van der Waals surface area contributed by atoms with E-state index in [4.69, 9.17) is 0 Å². The van der Waals surface area contributed by atoms with E-state index < -0.39 is 0 Å². The first-order chi connectivity index (χ1) is 8.51. The summed E-state index contributed by atoms with van der Waals surface area (Å²) in [5.41, 5.74) is 2.59. The molecule has 18 heavy (non-hydrogen) atoms. The minimum absolute atomic E-state index is 0.161. The average molecular weight is 256 g/mol. The molecule has 0 saturated heterocycles. The number of esters is 2. The molecule has 104 valence electrons. The van der Waals surface area contributed by atoms with Crippen LogP contribution in [0.2, 0.25) is 0 Å². The zero-order chi connectivity index (χ0) is 14.0. The number of methoxy groups -OCH3 is 2. The van der Waals surface area contributed by atoms with Gasteiger partial charge in [-0.25, -0.2) is 0 Å². The Morgan fingerprint density at radius 3 is 1.33 bits per heavy atom. The van der Waals surface area contributed by atoms with Gasteiger partial charge in [0.15, 0.2) is 0 Å². The molecule has 0 N–H and O–H groups in total. The first-order valence-corrected chi connectivity index (χ1v) is 6.30. The quantitative estimate of drug-likeness (QED) is 0.495. The molecule has 0 rings (SSSR count). The average Bonchev–Trinajstić information content (AvgIpc) is 2.37. The predicted molar refractivity (Wildman–Crippen MR) is 70.1 cm³/mol. The van der Waals surface area contributed by atoms with Crippen molar-refractivity contribution in [1.82, 2.24) is 0 Å². The predicted octanol–water partition coefficient (Wildman–Crippen LogP) is 3.01. The Kier molecular flexibility index (Phi) is 8.97. The number of rotatable bonds is 8. The molecule has 0 aliphatic heterocycles. The highest BCUT2D eigenvalue weighted by molar-refractivity contribution is 5.69. The zero-order valence-corrected chi connectivity index (χ0v) is 11.9. The van der Waals surface area contributed by atoms with E-state index in [-0.39, 0.29) is 11.9 Å². The van der Waals surface area contributed by atoms with Crippen molar-refractivity contribution in [2.45, 2.75) is 52.4 Å². The molecule has 4 nitrogen and oxygen atoms in total. The molecule has 0 fully saturated rings. The first-order valence-electron chi connectivity index (χ1n) is 6.30. The highest BCUT2D eigenvalue weighted by atomic mass is 16.5. The van der Waals surface area contributed by atoms with Crippen LogP contribution in [0.5, 0.6) is 0 Å². The number of ether oxygens (including phenoxy) is 2. The summed E-state index contributed by atoms with van der Waals surface area (Å²) in [4.78, 5) is 21.9. The van der Waals surface area contributed by atoms with Gasteiger partial charge in [0.25, 0.3) is 0 Å². The Morgan fingerprint density at radius 2 is 1.06 bits per heavy atom. The van der Waals surface area contributed by atoms with Gasteiger partial charge < -0.3 is 9.47 Å². The van der Waals surface area contributed by atoms with Gasteiger partial charge in [-0.2, -0.15) is 0 Å². The molecule has 0 heterocycles. The Labute approximate surface area is 109 Å². The Morgan fingerprint density at radius 1 is 0.722 bits per heavy atom. The Bertz CT molecular complexity index is 275. The van der Waals surface area contributed by atoms with Crippen LogP contribution in [0, 0.1) is 0 Å². The van der Waals surface area contributed by atoms with Crippen molar-refractivity contribution in [2.24, 2.45) is 0 Å². The molecule has 0 radical (unpaired) electrons. The van der Waals surface area contributed by atoms with Crippen LogP contribution in [0.25, 0.3) is 0 Å². The highest BCUT2D eigenvalue weighted by Crippen LogP contribution is 2.17. The smallest absolute Gasteiger partial charge is 0.305 e.